The molecule has 108 valence electrons. The number of nitrogens with one attached hydrogen (secondary N) is 2. The van der Waals surface area contributed by atoms with Crippen LogP contribution in [0.3, 0.4) is 0 Å². The fraction of sp³-hybridized carbons (Fsp3) is 0.538. The predicted molar refractivity (Wildman–Crippen MR) is 92.4 cm³/mol. The molecule has 4 nitrogen and oxygen atoms in total. The van der Waals surface area contributed by atoms with Gasteiger partial charge in [-0.1, -0.05) is 37.4 Å². The number of aromatic nitrogens is 1. The van der Waals surface area contributed by atoms with Gasteiger partial charge in [0.1, 0.15) is 5.15 Å². The minimum atomic E-state index is 0. The van der Waals surface area contributed by atoms with Crippen LogP contribution in [-0.2, 0) is 6.54 Å². The first-order valence-electron chi connectivity index (χ1n) is 6.31. The number of pyridine rings is 1. The highest BCUT2D eigenvalue weighted by Crippen LogP contribution is 2.04. The molecule has 1 aromatic rings. The van der Waals surface area contributed by atoms with Crippen LogP contribution in [0.4, 0.5) is 0 Å². The van der Waals surface area contributed by atoms with E-state index < -0.39 is 0 Å². The van der Waals surface area contributed by atoms with Gasteiger partial charge >= 0.3 is 0 Å². The van der Waals surface area contributed by atoms with E-state index in [0.29, 0.717) is 11.7 Å². The van der Waals surface area contributed by atoms with Gasteiger partial charge in [0.25, 0.3) is 0 Å². The topological polar surface area (TPSA) is 49.3 Å². The number of halogens is 2. The van der Waals surface area contributed by atoms with Crippen LogP contribution >= 0.6 is 35.6 Å². The van der Waals surface area contributed by atoms with Gasteiger partial charge in [-0.15, -0.1) is 24.0 Å². The van der Waals surface area contributed by atoms with Gasteiger partial charge < -0.3 is 10.6 Å². The maximum atomic E-state index is 5.73. The maximum absolute atomic E-state index is 5.73. The molecule has 19 heavy (non-hydrogen) atoms. The smallest absolute Gasteiger partial charge is 0.191 e. The molecule has 0 aliphatic rings. The molecule has 2 N–H and O–H groups in total. The molecule has 6 heteroatoms. The highest BCUT2D eigenvalue weighted by molar-refractivity contribution is 14.0. The first-order valence-corrected chi connectivity index (χ1v) is 6.69. The molecule has 1 rings (SSSR count). The van der Waals surface area contributed by atoms with Crippen LogP contribution in [0.2, 0.25) is 5.15 Å². The van der Waals surface area contributed by atoms with Crippen molar-refractivity contribution in [2.75, 3.05) is 13.6 Å². The Balaban J connectivity index is 0.00000324. The molecule has 0 aromatic carbocycles. The van der Waals surface area contributed by atoms with Crippen LogP contribution in [0.15, 0.2) is 23.3 Å². The van der Waals surface area contributed by atoms with Crippen molar-refractivity contribution in [3.05, 3.63) is 29.0 Å². The summed E-state index contributed by atoms with van der Waals surface area (Å²) in [4.78, 5) is 8.20. The highest BCUT2D eigenvalue weighted by Gasteiger charge is 1.98. The third-order valence-electron chi connectivity index (χ3n) is 2.54. The molecule has 0 bridgehead atoms. The summed E-state index contributed by atoms with van der Waals surface area (Å²) in [6, 6.07) is 3.74. The van der Waals surface area contributed by atoms with Crippen molar-refractivity contribution in [2.45, 2.75) is 32.7 Å². The van der Waals surface area contributed by atoms with Crippen LogP contribution in [0, 0.1) is 0 Å². The van der Waals surface area contributed by atoms with Gasteiger partial charge in [0.05, 0.1) is 0 Å². The van der Waals surface area contributed by atoms with Gasteiger partial charge in [-0.25, -0.2) is 4.98 Å². The van der Waals surface area contributed by atoms with E-state index in [9.17, 15) is 0 Å². The third-order valence-corrected chi connectivity index (χ3v) is 2.77. The fourth-order valence-electron chi connectivity index (χ4n) is 1.50. The van der Waals surface area contributed by atoms with Crippen LogP contribution in [0.5, 0.6) is 0 Å². The van der Waals surface area contributed by atoms with Gasteiger partial charge in [-0.2, -0.15) is 0 Å². The highest BCUT2D eigenvalue weighted by atomic mass is 127. The van der Waals surface area contributed by atoms with Crippen molar-refractivity contribution in [1.29, 1.82) is 0 Å². The van der Waals surface area contributed by atoms with Crippen molar-refractivity contribution in [2.24, 2.45) is 4.99 Å². The molecule has 0 aliphatic carbocycles. The van der Waals surface area contributed by atoms with Gasteiger partial charge in [-0.3, -0.25) is 4.99 Å². The molecule has 0 unspecified atom stereocenters. The van der Waals surface area contributed by atoms with Crippen molar-refractivity contribution >= 4 is 41.5 Å². The van der Waals surface area contributed by atoms with Gasteiger partial charge in [0.2, 0.25) is 0 Å². The monoisotopic (exact) mass is 396 g/mol. The molecule has 0 spiro atoms. The number of hydrogen-bond acceptors (Lipinski definition) is 2. The Morgan fingerprint density at radius 1 is 1.32 bits per heavy atom. The van der Waals surface area contributed by atoms with E-state index in [-0.39, 0.29) is 24.0 Å². The predicted octanol–water partition coefficient (Wildman–Crippen LogP) is 3.21. The summed E-state index contributed by atoms with van der Waals surface area (Å²) < 4.78 is 0. The third kappa shape index (κ3) is 8.26. The summed E-state index contributed by atoms with van der Waals surface area (Å²) in [6.45, 7) is 3.84. The Bertz CT molecular complexity index is 367. The molecular weight excluding hydrogens is 375 g/mol. The molecule has 0 radical (unpaired) electrons. The number of hydrogen-bond donors (Lipinski definition) is 2. The van der Waals surface area contributed by atoms with Gasteiger partial charge in [-0.05, 0) is 18.1 Å². The first-order chi connectivity index (χ1) is 8.76. The van der Waals surface area contributed by atoms with Crippen LogP contribution in [0.25, 0.3) is 0 Å². The quantitative estimate of drug-likeness (QED) is 0.255. The lowest BCUT2D eigenvalue weighted by molar-refractivity contribution is 0.682. The number of nitrogens with zero attached hydrogens (tertiary/aromatic N) is 2. The normalized spacial score (nSPS) is 10.8. The van der Waals surface area contributed by atoms with Gasteiger partial charge in [0, 0.05) is 26.3 Å². The summed E-state index contributed by atoms with van der Waals surface area (Å²) in [7, 11) is 1.77. The second-order valence-electron chi connectivity index (χ2n) is 4.05. The zero-order valence-corrected chi connectivity index (χ0v) is 14.5. The molecule has 0 aliphatic heterocycles. The standard InChI is InChI=1S/C13H21ClN4.HI/c1-3-4-5-8-16-13(15-2)18-10-11-6-7-12(14)17-9-11;/h6-7,9H,3-5,8,10H2,1-2H3,(H2,15,16,18);1H. The average Bonchev–Trinajstić information content (AvgIpc) is 2.40. The zero-order valence-electron chi connectivity index (χ0n) is 11.4. The van der Waals surface area contributed by atoms with E-state index in [1.54, 1.807) is 19.3 Å². The van der Waals surface area contributed by atoms with Gasteiger partial charge in [0.15, 0.2) is 5.96 Å². The lowest BCUT2D eigenvalue weighted by Crippen LogP contribution is -2.37. The summed E-state index contributed by atoms with van der Waals surface area (Å²) in [5.41, 5.74) is 1.08. The van der Waals surface area contributed by atoms with E-state index in [4.69, 9.17) is 11.6 Å². The number of unbranched alkanes of at least 4 members (excludes halogenated alkanes) is 2. The van der Waals surface area contributed by atoms with E-state index in [1.807, 2.05) is 6.07 Å². The molecule has 0 atom stereocenters. The Morgan fingerprint density at radius 2 is 2.11 bits per heavy atom. The van der Waals surface area contributed by atoms with E-state index in [0.717, 1.165) is 18.1 Å². The lowest BCUT2D eigenvalue weighted by atomic mass is 10.2. The second kappa shape index (κ2) is 11.3. The largest absolute Gasteiger partial charge is 0.356 e. The van der Waals surface area contributed by atoms with E-state index in [2.05, 4.69) is 27.5 Å². The molecule has 0 fully saturated rings. The van der Waals surface area contributed by atoms with Crippen molar-refractivity contribution in [3.8, 4) is 0 Å². The SMILES string of the molecule is CCCCCNC(=NC)NCc1ccc(Cl)nc1.I. The zero-order chi connectivity index (χ0) is 13.2. The summed E-state index contributed by atoms with van der Waals surface area (Å²) in [5, 5.41) is 7.03. The summed E-state index contributed by atoms with van der Waals surface area (Å²) in [5.74, 6) is 0.820. The number of guanidine groups is 1. The van der Waals surface area contributed by atoms with E-state index in [1.165, 1.54) is 19.3 Å². The van der Waals surface area contributed by atoms with Crippen LogP contribution in [0.1, 0.15) is 31.7 Å². The van der Waals surface area contributed by atoms with Crippen LogP contribution < -0.4 is 10.6 Å². The minimum absolute atomic E-state index is 0. The Hall–Kier alpha value is -0.560. The summed E-state index contributed by atoms with van der Waals surface area (Å²) in [6.07, 6.45) is 5.40. The molecule has 1 aromatic heterocycles. The Kier molecular flexibility index (Phi) is 10.9. The Morgan fingerprint density at radius 3 is 2.68 bits per heavy atom. The van der Waals surface area contributed by atoms with E-state index >= 15 is 0 Å². The molecule has 0 amide bonds. The first kappa shape index (κ1) is 18.4. The fourth-order valence-corrected chi connectivity index (χ4v) is 1.61. The number of aliphatic imine (C=N–C) groups is 1. The average molecular weight is 397 g/mol. The summed E-state index contributed by atoms with van der Waals surface area (Å²) >= 11 is 5.73. The molecule has 0 saturated carbocycles. The van der Waals surface area contributed by atoms with Crippen LogP contribution in [-0.4, -0.2) is 24.5 Å². The molecule has 1 heterocycles. The number of rotatable bonds is 6. The van der Waals surface area contributed by atoms with Crippen molar-refractivity contribution in [3.63, 3.8) is 0 Å². The minimum Gasteiger partial charge on any atom is -0.356 e. The second-order valence-corrected chi connectivity index (χ2v) is 4.44. The Labute approximate surface area is 137 Å². The molecule has 0 saturated heterocycles. The molecular formula is C13H22ClIN4. The maximum Gasteiger partial charge on any atom is 0.191 e. The van der Waals surface area contributed by atoms with Crippen molar-refractivity contribution < 1.29 is 0 Å². The van der Waals surface area contributed by atoms with Crippen molar-refractivity contribution in [1.82, 2.24) is 15.6 Å². The lowest BCUT2D eigenvalue weighted by Gasteiger charge is -2.11.